The van der Waals surface area contributed by atoms with Gasteiger partial charge in [-0.3, -0.25) is 9.58 Å². The van der Waals surface area contributed by atoms with Crippen molar-refractivity contribution in [3.8, 4) is 6.07 Å². The van der Waals surface area contributed by atoms with E-state index in [9.17, 15) is 5.26 Å². The molecule has 0 spiro atoms. The fraction of sp³-hybridized carbons (Fsp3) is 0.444. The van der Waals surface area contributed by atoms with Gasteiger partial charge >= 0.3 is 0 Å². The van der Waals surface area contributed by atoms with E-state index >= 15 is 0 Å². The number of methoxy groups -OCH3 is 1. The van der Waals surface area contributed by atoms with E-state index in [1.807, 2.05) is 35.3 Å². The predicted molar refractivity (Wildman–Crippen MR) is 139 cm³/mol. The monoisotopic (exact) mass is 473 g/mol. The van der Waals surface area contributed by atoms with E-state index in [0.717, 1.165) is 68.3 Å². The summed E-state index contributed by atoms with van der Waals surface area (Å²) in [6, 6.07) is 10.7. The SMILES string of the molecule is C=NC(=C(C)c1cnn(CC(=C)OC)c1)N1CCN(C(CN2CCC2)c2cccc(C#N)c2)CC1. The second-order valence-electron chi connectivity index (χ2n) is 9.21. The van der Waals surface area contributed by atoms with Gasteiger partial charge in [0.15, 0.2) is 0 Å². The number of nitriles is 1. The molecule has 2 aliphatic rings. The lowest BCUT2D eigenvalue weighted by atomic mass is 10.00. The fourth-order valence-electron chi connectivity index (χ4n) is 4.78. The van der Waals surface area contributed by atoms with Crippen molar-refractivity contribution in [3.63, 3.8) is 0 Å². The maximum atomic E-state index is 9.40. The Balaban J connectivity index is 1.47. The van der Waals surface area contributed by atoms with Crippen LogP contribution in [0.2, 0.25) is 0 Å². The van der Waals surface area contributed by atoms with E-state index in [1.54, 1.807) is 7.11 Å². The molecule has 3 heterocycles. The van der Waals surface area contributed by atoms with Crippen LogP contribution in [0, 0.1) is 11.3 Å². The van der Waals surface area contributed by atoms with Gasteiger partial charge in [-0.25, -0.2) is 4.99 Å². The third kappa shape index (κ3) is 5.81. The average molecular weight is 474 g/mol. The molecule has 8 heteroatoms. The van der Waals surface area contributed by atoms with E-state index in [2.05, 4.69) is 57.1 Å². The Morgan fingerprint density at radius 2 is 2.00 bits per heavy atom. The Morgan fingerprint density at radius 1 is 1.23 bits per heavy atom. The van der Waals surface area contributed by atoms with Gasteiger partial charge in [0.1, 0.15) is 11.6 Å². The number of benzene rings is 1. The summed E-state index contributed by atoms with van der Waals surface area (Å²) in [4.78, 5) is 11.8. The lowest BCUT2D eigenvalue weighted by Crippen LogP contribution is -2.51. The van der Waals surface area contributed by atoms with Gasteiger partial charge in [0.25, 0.3) is 0 Å². The molecule has 1 atom stereocenters. The van der Waals surface area contributed by atoms with Gasteiger partial charge < -0.3 is 14.5 Å². The lowest BCUT2D eigenvalue weighted by Gasteiger charge is -2.43. The van der Waals surface area contributed by atoms with Crippen LogP contribution in [-0.4, -0.2) is 84.1 Å². The number of hydrogen-bond acceptors (Lipinski definition) is 7. The Morgan fingerprint density at radius 3 is 2.63 bits per heavy atom. The molecule has 1 aromatic heterocycles. The number of allylic oxidation sites excluding steroid dienone is 2. The molecule has 1 unspecified atom stereocenters. The molecule has 1 aromatic carbocycles. The number of ether oxygens (including phenoxy) is 1. The zero-order valence-corrected chi connectivity index (χ0v) is 20.9. The van der Waals surface area contributed by atoms with Crippen LogP contribution in [0.4, 0.5) is 0 Å². The lowest BCUT2D eigenvalue weighted by molar-refractivity contribution is 0.0684. The maximum absolute atomic E-state index is 9.40. The normalized spacial score (nSPS) is 18.3. The first-order chi connectivity index (χ1) is 17.0. The molecule has 0 N–H and O–H groups in total. The summed E-state index contributed by atoms with van der Waals surface area (Å²) >= 11 is 0. The van der Waals surface area contributed by atoms with Crippen molar-refractivity contribution in [3.05, 3.63) is 71.5 Å². The zero-order valence-electron chi connectivity index (χ0n) is 20.9. The molecule has 8 nitrogen and oxygen atoms in total. The first-order valence-corrected chi connectivity index (χ1v) is 12.2. The molecule has 184 valence electrons. The van der Waals surface area contributed by atoms with E-state index in [0.29, 0.717) is 12.3 Å². The highest BCUT2D eigenvalue weighted by molar-refractivity contribution is 5.66. The van der Waals surface area contributed by atoms with Crippen LogP contribution in [0.3, 0.4) is 0 Å². The first-order valence-electron chi connectivity index (χ1n) is 12.2. The van der Waals surface area contributed by atoms with Gasteiger partial charge in [0.05, 0.1) is 31.5 Å². The number of likely N-dealkylation sites (tertiary alicyclic amines) is 1. The molecule has 0 saturated carbocycles. The van der Waals surface area contributed by atoms with Crippen LogP contribution in [0.5, 0.6) is 0 Å². The van der Waals surface area contributed by atoms with Gasteiger partial charge in [-0.15, -0.1) is 0 Å². The summed E-state index contributed by atoms with van der Waals surface area (Å²) in [5.41, 5.74) is 4.02. The number of aliphatic imine (C=N–C) groups is 1. The highest BCUT2D eigenvalue weighted by Gasteiger charge is 2.29. The molecule has 35 heavy (non-hydrogen) atoms. The molecule has 4 rings (SSSR count). The van der Waals surface area contributed by atoms with Crippen LogP contribution >= 0.6 is 0 Å². The number of rotatable bonds is 10. The summed E-state index contributed by atoms with van der Waals surface area (Å²) in [5, 5.41) is 13.8. The molecule has 0 amide bonds. The van der Waals surface area contributed by atoms with Gasteiger partial charge in [-0.05, 0) is 50.8 Å². The quantitative estimate of drug-likeness (QED) is 0.389. The average Bonchev–Trinajstić information content (AvgIpc) is 3.33. The van der Waals surface area contributed by atoms with Gasteiger partial charge in [0, 0.05) is 56.1 Å². The summed E-state index contributed by atoms with van der Waals surface area (Å²) in [7, 11) is 1.62. The van der Waals surface area contributed by atoms with Crippen molar-refractivity contribution in [2.24, 2.45) is 4.99 Å². The van der Waals surface area contributed by atoms with Crippen molar-refractivity contribution in [1.29, 1.82) is 5.26 Å². The Kier molecular flexibility index (Phi) is 8.01. The molecule has 2 aromatic rings. The molecule has 2 saturated heterocycles. The molecule has 2 fully saturated rings. The highest BCUT2D eigenvalue weighted by atomic mass is 16.5. The van der Waals surface area contributed by atoms with Crippen molar-refractivity contribution < 1.29 is 4.74 Å². The Hall–Kier alpha value is -3.41. The third-order valence-electron chi connectivity index (χ3n) is 7.01. The summed E-state index contributed by atoms with van der Waals surface area (Å²) < 4.78 is 6.99. The van der Waals surface area contributed by atoms with Gasteiger partial charge in [-0.2, -0.15) is 10.4 Å². The summed E-state index contributed by atoms with van der Waals surface area (Å²) in [5.74, 6) is 1.56. The van der Waals surface area contributed by atoms with Crippen molar-refractivity contribution in [1.82, 2.24) is 24.5 Å². The maximum Gasteiger partial charge on any atom is 0.131 e. The standard InChI is InChI=1S/C27H35N7O/c1-21(35-4)18-34-19-25(17-30-34)22(2)27(29-3)33-13-11-32(12-14-33)26(20-31-9-6-10-31)24-8-5-7-23(15-24)16-28/h5,7-8,15,17,19,26H,1,3,6,9-14,18,20H2,2,4H3. The van der Waals surface area contributed by atoms with Crippen LogP contribution in [0.1, 0.15) is 36.1 Å². The molecule has 0 bridgehead atoms. The second kappa shape index (κ2) is 11.3. The van der Waals surface area contributed by atoms with Crippen LogP contribution in [0.25, 0.3) is 5.57 Å². The van der Waals surface area contributed by atoms with E-state index in [1.165, 1.54) is 12.0 Å². The molecule has 0 radical (unpaired) electrons. The largest absolute Gasteiger partial charge is 0.500 e. The van der Waals surface area contributed by atoms with Crippen LogP contribution < -0.4 is 0 Å². The van der Waals surface area contributed by atoms with Crippen molar-refractivity contribution >= 4 is 12.3 Å². The third-order valence-corrected chi connectivity index (χ3v) is 7.01. The number of aromatic nitrogens is 2. The van der Waals surface area contributed by atoms with Crippen LogP contribution in [-0.2, 0) is 11.3 Å². The van der Waals surface area contributed by atoms with Gasteiger partial charge in [-0.1, -0.05) is 18.7 Å². The Bertz CT molecular complexity index is 1120. The number of nitrogens with zero attached hydrogens (tertiary/aromatic N) is 7. The minimum Gasteiger partial charge on any atom is -0.500 e. The minimum absolute atomic E-state index is 0.281. The topological polar surface area (TPSA) is 72.9 Å². The van der Waals surface area contributed by atoms with E-state index in [-0.39, 0.29) is 6.04 Å². The number of hydrogen-bond donors (Lipinski definition) is 0. The Labute approximate surface area is 208 Å². The van der Waals surface area contributed by atoms with Crippen molar-refractivity contribution in [2.45, 2.75) is 25.9 Å². The second-order valence-corrected chi connectivity index (χ2v) is 9.21. The van der Waals surface area contributed by atoms with Gasteiger partial charge in [0.2, 0.25) is 0 Å². The summed E-state index contributed by atoms with van der Waals surface area (Å²) in [6.07, 6.45) is 5.12. The highest BCUT2D eigenvalue weighted by Crippen LogP contribution is 2.28. The molecule has 2 aliphatic heterocycles. The summed E-state index contributed by atoms with van der Waals surface area (Å²) in [6.45, 7) is 17.2. The predicted octanol–water partition coefficient (Wildman–Crippen LogP) is 3.37. The van der Waals surface area contributed by atoms with Crippen LogP contribution in [0.15, 0.2) is 59.8 Å². The smallest absolute Gasteiger partial charge is 0.131 e. The molecular formula is C27H35N7O. The fourth-order valence-corrected chi connectivity index (χ4v) is 4.78. The van der Waals surface area contributed by atoms with Crippen molar-refractivity contribution in [2.75, 3.05) is 52.9 Å². The van der Waals surface area contributed by atoms with E-state index < -0.39 is 0 Å². The molecular weight excluding hydrogens is 438 g/mol. The minimum atomic E-state index is 0.281. The first kappa shape index (κ1) is 24.7. The van der Waals surface area contributed by atoms with E-state index in [4.69, 9.17) is 4.74 Å². The molecule has 0 aliphatic carbocycles. The zero-order chi connectivity index (χ0) is 24.8. The number of piperazine rings is 1.